The van der Waals surface area contributed by atoms with Crippen LogP contribution >= 0.6 is 0 Å². The van der Waals surface area contributed by atoms with Crippen LogP contribution in [0.2, 0.25) is 0 Å². The fourth-order valence-electron chi connectivity index (χ4n) is 4.20. The number of aryl methyl sites for hydroxylation is 2. The van der Waals surface area contributed by atoms with Crippen molar-refractivity contribution in [2.45, 2.75) is 26.4 Å². The van der Waals surface area contributed by atoms with Crippen molar-refractivity contribution in [2.24, 2.45) is 5.92 Å². The van der Waals surface area contributed by atoms with E-state index in [2.05, 4.69) is 21.9 Å². The molecule has 2 saturated heterocycles. The number of fused-ring (bicyclic) bond motifs is 3. The number of hydrogen-bond donors (Lipinski definition) is 0. The van der Waals surface area contributed by atoms with E-state index in [0.29, 0.717) is 31.0 Å². The molecule has 2 fully saturated rings. The Morgan fingerprint density at radius 3 is 2.76 bits per heavy atom. The Morgan fingerprint density at radius 2 is 2.00 bits per heavy atom. The number of hydrogen-bond acceptors (Lipinski definition) is 6. The molecule has 2 aliphatic rings. The third-order valence-electron chi connectivity index (χ3n) is 5.67. The van der Waals surface area contributed by atoms with Gasteiger partial charge in [-0.2, -0.15) is 0 Å². The minimum atomic E-state index is -0.287. The fourth-order valence-corrected chi connectivity index (χ4v) is 4.20. The summed E-state index contributed by atoms with van der Waals surface area (Å²) in [6, 6.07) is 1.78. The first-order chi connectivity index (χ1) is 13.9. The van der Waals surface area contributed by atoms with Crippen molar-refractivity contribution in [3.8, 4) is 0 Å². The van der Waals surface area contributed by atoms with E-state index in [1.165, 1.54) is 4.57 Å². The van der Waals surface area contributed by atoms with E-state index in [9.17, 15) is 9.59 Å². The molecule has 154 valence electrons. The average molecular weight is 397 g/mol. The van der Waals surface area contributed by atoms with Crippen molar-refractivity contribution in [3.63, 3.8) is 0 Å². The molecule has 0 spiro atoms. The molecule has 0 radical (unpaired) electrons. The maximum atomic E-state index is 13.5. The van der Waals surface area contributed by atoms with E-state index in [-0.39, 0.29) is 35.5 Å². The second kappa shape index (κ2) is 8.04. The highest BCUT2D eigenvalue weighted by Crippen LogP contribution is 2.21. The van der Waals surface area contributed by atoms with Crippen LogP contribution in [-0.4, -0.2) is 76.2 Å². The van der Waals surface area contributed by atoms with Gasteiger partial charge in [0.25, 0.3) is 11.5 Å². The zero-order valence-corrected chi connectivity index (χ0v) is 17.2. The minimum absolute atomic E-state index is 0.0459. The molecule has 8 heteroatoms. The molecule has 0 unspecified atom stereocenters. The molecular formula is C21H27N5O3. The van der Waals surface area contributed by atoms with E-state index < -0.39 is 0 Å². The van der Waals surface area contributed by atoms with Gasteiger partial charge in [0.2, 0.25) is 0 Å². The lowest BCUT2D eigenvalue weighted by Gasteiger charge is -2.30. The van der Waals surface area contributed by atoms with E-state index in [1.807, 2.05) is 24.8 Å². The molecule has 1 amide bonds. The third kappa shape index (κ3) is 4.09. The largest absolute Gasteiger partial charge is 0.379 e. The minimum Gasteiger partial charge on any atom is -0.379 e. The third-order valence-corrected chi connectivity index (χ3v) is 5.67. The fraction of sp³-hybridized carbons (Fsp3) is 0.524. The number of ether oxygens (including phenoxy) is 1. The second-order valence-electron chi connectivity index (χ2n) is 8.19. The standard InChI is InChI=1S/C21H27N5O3/c1-14-4-5-25(10-17-7-22-15(2)6-23-17)20(27)19(14)21(28)26-9-16-8-24(3)11-18(26)13-29-12-16/h4-7,16,18H,8-13H2,1-3H3/t16-,18-/m0/s1. The predicted molar refractivity (Wildman–Crippen MR) is 108 cm³/mol. The van der Waals surface area contributed by atoms with E-state index in [4.69, 9.17) is 4.74 Å². The van der Waals surface area contributed by atoms with Crippen LogP contribution in [0.1, 0.15) is 27.3 Å². The molecule has 2 aromatic rings. The van der Waals surface area contributed by atoms with E-state index in [0.717, 1.165) is 18.8 Å². The van der Waals surface area contributed by atoms with Gasteiger partial charge in [0.15, 0.2) is 0 Å². The van der Waals surface area contributed by atoms with Crippen LogP contribution in [0.25, 0.3) is 0 Å². The Labute approximate surface area is 170 Å². The highest BCUT2D eigenvalue weighted by molar-refractivity contribution is 5.95. The molecule has 0 saturated carbocycles. The molecule has 2 aromatic heterocycles. The van der Waals surface area contributed by atoms with Crippen LogP contribution in [0.15, 0.2) is 29.5 Å². The number of carbonyl (C=O) groups excluding carboxylic acids is 1. The van der Waals surface area contributed by atoms with Crippen LogP contribution < -0.4 is 5.56 Å². The second-order valence-corrected chi connectivity index (χ2v) is 8.19. The van der Waals surface area contributed by atoms with Gasteiger partial charge in [-0.1, -0.05) is 0 Å². The zero-order valence-electron chi connectivity index (χ0n) is 17.2. The number of pyridine rings is 1. The Kier molecular flexibility index (Phi) is 5.47. The van der Waals surface area contributed by atoms with Gasteiger partial charge in [-0.15, -0.1) is 0 Å². The molecule has 2 atom stereocenters. The Hall–Kier alpha value is -2.58. The van der Waals surface area contributed by atoms with Crippen molar-refractivity contribution in [1.82, 2.24) is 24.3 Å². The lowest BCUT2D eigenvalue weighted by Crippen LogP contribution is -2.47. The van der Waals surface area contributed by atoms with Crippen molar-refractivity contribution in [2.75, 3.05) is 39.9 Å². The lowest BCUT2D eigenvalue weighted by atomic mass is 10.1. The predicted octanol–water partition coefficient (Wildman–Crippen LogP) is 0.706. The molecule has 0 N–H and O–H groups in total. The smallest absolute Gasteiger partial charge is 0.264 e. The molecule has 8 nitrogen and oxygen atoms in total. The summed E-state index contributed by atoms with van der Waals surface area (Å²) in [5.74, 6) is 0.0539. The summed E-state index contributed by atoms with van der Waals surface area (Å²) in [6.45, 7) is 7.38. The summed E-state index contributed by atoms with van der Waals surface area (Å²) >= 11 is 0. The van der Waals surface area contributed by atoms with Gasteiger partial charge in [0, 0.05) is 37.9 Å². The van der Waals surface area contributed by atoms with Gasteiger partial charge in [0.1, 0.15) is 5.56 Å². The number of rotatable bonds is 3. The molecule has 2 bridgehead atoms. The van der Waals surface area contributed by atoms with Crippen LogP contribution in [-0.2, 0) is 11.3 Å². The van der Waals surface area contributed by atoms with E-state index >= 15 is 0 Å². The van der Waals surface area contributed by atoms with Crippen LogP contribution in [0.5, 0.6) is 0 Å². The van der Waals surface area contributed by atoms with Crippen LogP contribution in [0, 0.1) is 19.8 Å². The van der Waals surface area contributed by atoms with Gasteiger partial charge in [0.05, 0.1) is 43.4 Å². The number of carbonyl (C=O) groups is 1. The first kappa shape index (κ1) is 19.7. The number of nitrogens with zero attached hydrogens (tertiary/aromatic N) is 5. The maximum Gasteiger partial charge on any atom is 0.264 e. The zero-order chi connectivity index (χ0) is 20.5. The average Bonchev–Trinajstić information content (AvgIpc) is 2.96. The lowest BCUT2D eigenvalue weighted by molar-refractivity contribution is 0.0482. The van der Waals surface area contributed by atoms with Crippen LogP contribution in [0.3, 0.4) is 0 Å². The Morgan fingerprint density at radius 1 is 1.17 bits per heavy atom. The molecule has 4 rings (SSSR count). The van der Waals surface area contributed by atoms with Crippen molar-refractivity contribution in [3.05, 3.63) is 57.5 Å². The number of aromatic nitrogens is 3. The maximum absolute atomic E-state index is 13.5. The number of amides is 1. The molecular weight excluding hydrogens is 370 g/mol. The normalized spacial score (nSPS) is 22.4. The Balaban J connectivity index is 1.66. The van der Waals surface area contributed by atoms with Crippen molar-refractivity contribution >= 4 is 5.91 Å². The van der Waals surface area contributed by atoms with Gasteiger partial charge in [-0.05, 0) is 32.5 Å². The molecule has 0 aromatic carbocycles. The quantitative estimate of drug-likeness (QED) is 0.759. The SMILES string of the molecule is Cc1cnc(Cn2ccc(C)c(C(=O)N3C[C@H]4COC[C@@H]3CN(C)C4)c2=O)cn1. The van der Waals surface area contributed by atoms with E-state index in [1.54, 1.807) is 18.6 Å². The van der Waals surface area contributed by atoms with Gasteiger partial charge < -0.3 is 19.1 Å². The summed E-state index contributed by atoms with van der Waals surface area (Å²) in [5.41, 5.74) is 2.15. The summed E-state index contributed by atoms with van der Waals surface area (Å²) in [7, 11) is 2.07. The highest BCUT2D eigenvalue weighted by atomic mass is 16.5. The van der Waals surface area contributed by atoms with Crippen LogP contribution in [0.4, 0.5) is 0 Å². The molecule has 4 heterocycles. The van der Waals surface area contributed by atoms with Gasteiger partial charge in [-0.25, -0.2) is 0 Å². The Bertz CT molecular complexity index is 956. The van der Waals surface area contributed by atoms with Gasteiger partial charge in [-0.3, -0.25) is 19.6 Å². The molecule has 29 heavy (non-hydrogen) atoms. The summed E-state index contributed by atoms with van der Waals surface area (Å²) in [6.07, 6.45) is 5.05. The highest BCUT2D eigenvalue weighted by Gasteiger charge is 2.36. The molecule has 2 aliphatic heterocycles. The number of likely N-dealkylation sites (N-methyl/N-ethyl adjacent to an activating group) is 1. The van der Waals surface area contributed by atoms with Crippen molar-refractivity contribution in [1.29, 1.82) is 0 Å². The topological polar surface area (TPSA) is 80.6 Å². The monoisotopic (exact) mass is 397 g/mol. The summed E-state index contributed by atoms with van der Waals surface area (Å²) in [4.78, 5) is 39.4. The summed E-state index contributed by atoms with van der Waals surface area (Å²) < 4.78 is 7.31. The summed E-state index contributed by atoms with van der Waals surface area (Å²) in [5, 5.41) is 0. The molecule has 0 aliphatic carbocycles. The first-order valence-electron chi connectivity index (χ1n) is 9.97. The first-order valence-corrected chi connectivity index (χ1v) is 9.97. The van der Waals surface area contributed by atoms with Crippen molar-refractivity contribution < 1.29 is 9.53 Å². The van der Waals surface area contributed by atoms with Gasteiger partial charge >= 0.3 is 0 Å².